The molecule has 2 aliphatic rings. The molecule has 0 N–H and O–H groups in total. The molecule has 3 rings (SSSR count). The molecule has 1 amide bonds. The Balaban J connectivity index is 1.61. The van der Waals surface area contributed by atoms with Gasteiger partial charge in [-0.2, -0.15) is 0 Å². The van der Waals surface area contributed by atoms with E-state index in [9.17, 15) is 4.79 Å². The number of nitrogens with zero attached hydrogens (tertiary/aromatic N) is 4. The molecule has 0 radical (unpaired) electrons. The largest absolute Gasteiger partial charge is 0.444 e. The second kappa shape index (κ2) is 5.91. The Morgan fingerprint density at radius 2 is 1.74 bits per heavy atom. The lowest BCUT2D eigenvalue weighted by Crippen LogP contribution is -2.53. The van der Waals surface area contributed by atoms with Crippen LogP contribution in [0.15, 0.2) is 12.4 Å². The van der Waals surface area contributed by atoms with Crippen molar-refractivity contribution in [2.45, 2.75) is 44.8 Å². The third-order valence-electron chi connectivity index (χ3n) is 4.30. The first-order valence-corrected chi connectivity index (χ1v) is 8.39. The summed E-state index contributed by atoms with van der Waals surface area (Å²) in [4.78, 5) is 25.1. The van der Waals surface area contributed by atoms with Crippen LogP contribution in [0.3, 0.4) is 0 Å². The van der Waals surface area contributed by atoms with Crippen LogP contribution in [0, 0.1) is 0 Å². The molecule has 2 fully saturated rings. The van der Waals surface area contributed by atoms with Crippen molar-refractivity contribution in [1.82, 2.24) is 19.8 Å². The molecule has 6 nitrogen and oxygen atoms in total. The quantitative estimate of drug-likeness (QED) is 0.829. The minimum atomic E-state index is -0.455. The molecular weight excluding hydrogens is 316 g/mol. The molecule has 1 saturated heterocycles. The zero-order chi connectivity index (χ0) is 16.7. The molecule has 1 aromatic rings. The summed E-state index contributed by atoms with van der Waals surface area (Å²) in [7, 11) is 0. The van der Waals surface area contributed by atoms with Gasteiger partial charge in [-0.15, -0.1) is 0 Å². The second-order valence-corrected chi connectivity index (χ2v) is 7.65. The normalized spacial score (nSPS) is 21.1. The molecular formula is C16H23ClN4O2. The Kier molecular flexibility index (Phi) is 4.23. The molecule has 0 atom stereocenters. The highest BCUT2D eigenvalue weighted by molar-refractivity contribution is 6.30. The van der Waals surface area contributed by atoms with E-state index >= 15 is 0 Å². The number of carbonyl (C=O) groups excluding carboxylic acids is 1. The van der Waals surface area contributed by atoms with Crippen LogP contribution in [0.2, 0.25) is 5.02 Å². The van der Waals surface area contributed by atoms with Crippen LogP contribution in [-0.4, -0.2) is 57.6 Å². The van der Waals surface area contributed by atoms with E-state index in [-0.39, 0.29) is 11.6 Å². The first-order chi connectivity index (χ1) is 10.8. The molecule has 23 heavy (non-hydrogen) atoms. The SMILES string of the molecule is CC(C)(C)OC(=O)N1CCN(C2(c3ncc(Cl)cn3)CC2)CC1. The van der Waals surface area contributed by atoms with Crippen molar-refractivity contribution in [3.63, 3.8) is 0 Å². The van der Waals surface area contributed by atoms with Gasteiger partial charge in [0, 0.05) is 38.6 Å². The van der Waals surface area contributed by atoms with Gasteiger partial charge in [0.15, 0.2) is 0 Å². The number of rotatable bonds is 2. The lowest BCUT2D eigenvalue weighted by atomic mass is 10.1. The van der Waals surface area contributed by atoms with Gasteiger partial charge < -0.3 is 9.64 Å². The highest BCUT2D eigenvalue weighted by Gasteiger charge is 2.52. The monoisotopic (exact) mass is 338 g/mol. The highest BCUT2D eigenvalue weighted by atomic mass is 35.5. The maximum atomic E-state index is 12.1. The summed E-state index contributed by atoms with van der Waals surface area (Å²) >= 11 is 5.88. The van der Waals surface area contributed by atoms with Crippen LogP contribution in [0.5, 0.6) is 0 Å². The molecule has 1 aliphatic carbocycles. The van der Waals surface area contributed by atoms with Crippen molar-refractivity contribution in [2.75, 3.05) is 26.2 Å². The van der Waals surface area contributed by atoms with E-state index in [1.54, 1.807) is 17.3 Å². The van der Waals surface area contributed by atoms with E-state index in [1.165, 1.54) is 0 Å². The topological polar surface area (TPSA) is 58.6 Å². The number of ether oxygens (including phenoxy) is 1. The van der Waals surface area contributed by atoms with Gasteiger partial charge in [0.1, 0.15) is 11.4 Å². The smallest absolute Gasteiger partial charge is 0.410 e. The van der Waals surface area contributed by atoms with Crippen LogP contribution in [0.4, 0.5) is 4.79 Å². The number of halogens is 1. The lowest BCUT2D eigenvalue weighted by Gasteiger charge is -2.39. The average Bonchev–Trinajstić information content (AvgIpc) is 3.28. The summed E-state index contributed by atoms with van der Waals surface area (Å²) in [6, 6.07) is 0. The first-order valence-electron chi connectivity index (χ1n) is 8.01. The van der Waals surface area contributed by atoms with E-state index in [4.69, 9.17) is 16.3 Å². The number of carbonyl (C=O) groups is 1. The first kappa shape index (κ1) is 16.5. The fourth-order valence-corrected chi connectivity index (χ4v) is 3.09. The van der Waals surface area contributed by atoms with Crippen LogP contribution in [-0.2, 0) is 10.3 Å². The lowest BCUT2D eigenvalue weighted by molar-refractivity contribution is 0.00757. The standard InChI is InChI=1S/C16H23ClN4O2/c1-15(2,3)23-14(22)20-6-8-21(9-7-20)16(4-5-16)13-18-10-12(17)11-19-13/h10-11H,4-9H2,1-3H3. The molecule has 2 heterocycles. The Morgan fingerprint density at radius 1 is 1.17 bits per heavy atom. The molecule has 0 aromatic carbocycles. The summed E-state index contributed by atoms with van der Waals surface area (Å²) < 4.78 is 5.44. The average molecular weight is 339 g/mol. The Morgan fingerprint density at radius 3 is 2.22 bits per heavy atom. The maximum absolute atomic E-state index is 12.1. The van der Waals surface area contributed by atoms with E-state index in [0.717, 1.165) is 31.8 Å². The number of piperazine rings is 1. The summed E-state index contributed by atoms with van der Waals surface area (Å²) in [5.74, 6) is 0.840. The summed E-state index contributed by atoms with van der Waals surface area (Å²) in [6.07, 6.45) is 5.19. The van der Waals surface area contributed by atoms with Crippen LogP contribution < -0.4 is 0 Å². The van der Waals surface area contributed by atoms with Crippen molar-refractivity contribution in [2.24, 2.45) is 0 Å². The zero-order valence-corrected chi connectivity index (χ0v) is 14.6. The van der Waals surface area contributed by atoms with E-state index in [1.807, 2.05) is 20.8 Å². The predicted molar refractivity (Wildman–Crippen MR) is 87.3 cm³/mol. The number of amides is 1. The second-order valence-electron chi connectivity index (χ2n) is 7.21. The van der Waals surface area contributed by atoms with Crippen LogP contribution in [0.25, 0.3) is 0 Å². The van der Waals surface area contributed by atoms with Gasteiger partial charge in [0.05, 0.1) is 10.6 Å². The summed E-state index contributed by atoms with van der Waals surface area (Å²) in [5.41, 5.74) is -0.520. The Labute approximate surface area is 141 Å². The zero-order valence-electron chi connectivity index (χ0n) is 13.9. The molecule has 1 saturated carbocycles. The maximum Gasteiger partial charge on any atom is 0.410 e. The van der Waals surface area contributed by atoms with Gasteiger partial charge in [-0.05, 0) is 33.6 Å². The highest BCUT2D eigenvalue weighted by Crippen LogP contribution is 2.49. The molecule has 0 spiro atoms. The van der Waals surface area contributed by atoms with Gasteiger partial charge in [0.2, 0.25) is 0 Å². The summed E-state index contributed by atoms with van der Waals surface area (Å²) in [6.45, 7) is 8.62. The molecule has 1 aromatic heterocycles. The molecule has 0 bridgehead atoms. The minimum Gasteiger partial charge on any atom is -0.444 e. The molecule has 7 heteroatoms. The number of hydrogen-bond acceptors (Lipinski definition) is 5. The van der Waals surface area contributed by atoms with Gasteiger partial charge in [-0.3, -0.25) is 4.90 Å². The van der Waals surface area contributed by atoms with Gasteiger partial charge in [0.25, 0.3) is 0 Å². The van der Waals surface area contributed by atoms with Crippen molar-refractivity contribution in [3.8, 4) is 0 Å². The third-order valence-corrected chi connectivity index (χ3v) is 4.49. The van der Waals surface area contributed by atoms with Gasteiger partial charge in [-0.1, -0.05) is 11.6 Å². The number of aromatic nitrogens is 2. The Hall–Kier alpha value is -1.40. The van der Waals surface area contributed by atoms with E-state index < -0.39 is 5.60 Å². The minimum absolute atomic E-state index is 0.0649. The van der Waals surface area contributed by atoms with Gasteiger partial charge in [-0.25, -0.2) is 14.8 Å². The van der Waals surface area contributed by atoms with E-state index in [2.05, 4.69) is 14.9 Å². The molecule has 1 aliphatic heterocycles. The van der Waals surface area contributed by atoms with Crippen LogP contribution in [0.1, 0.15) is 39.4 Å². The third kappa shape index (κ3) is 3.58. The molecule has 0 unspecified atom stereocenters. The fraction of sp³-hybridized carbons (Fsp3) is 0.688. The Bertz CT molecular complexity index is 573. The van der Waals surface area contributed by atoms with Crippen molar-refractivity contribution in [1.29, 1.82) is 0 Å². The predicted octanol–water partition coefficient (Wildman–Crippen LogP) is 2.67. The van der Waals surface area contributed by atoms with E-state index in [0.29, 0.717) is 18.1 Å². The van der Waals surface area contributed by atoms with Crippen molar-refractivity contribution >= 4 is 17.7 Å². The van der Waals surface area contributed by atoms with Crippen molar-refractivity contribution < 1.29 is 9.53 Å². The van der Waals surface area contributed by atoms with Crippen molar-refractivity contribution in [3.05, 3.63) is 23.2 Å². The van der Waals surface area contributed by atoms with Crippen LogP contribution >= 0.6 is 11.6 Å². The van der Waals surface area contributed by atoms with Gasteiger partial charge >= 0.3 is 6.09 Å². The number of hydrogen-bond donors (Lipinski definition) is 0. The fourth-order valence-electron chi connectivity index (χ4n) is 3.00. The molecule has 126 valence electrons. The summed E-state index contributed by atoms with van der Waals surface area (Å²) in [5, 5.41) is 0.555.